The van der Waals surface area contributed by atoms with Crippen LogP contribution in [-0.4, -0.2) is 41.0 Å². The third-order valence-electron chi connectivity index (χ3n) is 3.47. The highest BCUT2D eigenvalue weighted by molar-refractivity contribution is 5.41. The summed E-state index contributed by atoms with van der Waals surface area (Å²) in [4.78, 5) is 9.20. The van der Waals surface area contributed by atoms with E-state index in [1.165, 1.54) is 0 Å². The molecule has 0 amide bonds. The van der Waals surface area contributed by atoms with Gasteiger partial charge < -0.3 is 16.0 Å². The summed E-state index contributed by atoms with van der Waals surface area (Å²) in [6, 6.07) is 1.19. The molecule has 2 heterocycles. The van der Waals surface area contributed by atoms with Crippen LogP contribution in [0.3, 0.4) is 0 Å². The highest BCUT2D eigenvalue weighted by Crippen LogP contribution is 2.29. The lowest BCUT2D eigenvalue weighted by atomic mass is 10.0. The van der Waals surface area contributed by atoms with E-state index in [9.17, 15) is 13.2 Å². The van der Waals surface area contributed by atoms with Crippen LogP contribution in [0.5, 0.6) is 0 Å². The SMILES string of the molecule is CN1CCCCC1CNc1cc(C(F)(F)F)nc(N)n1. The van der Waals surface area contributed by atoms with Gasteiger partial charge >= 0.3 is 6.18 Å². The predicted molar refractivity (Wildman–Crippen MR) is 70.2 cm³/mol. The largest absolute Gasteiger partial charge is 0.433 e. The number of nitrogens with one attached hydrogen (secondary N) is 1. The van der Waals surface area contributed by atoms with Crippen LogP contribution in [0.4, 0.5) is 24.9 Å². The van der Waals surface area contributed by atoms with E-state index in [1.54, 1.807) is 0 Å². The number of nitrogens with zero attached hydrogens (tertiary/aromatic N) is 3. The molecule has 112 valence electrons. The average molecular weight is 289 g/mol. The number of likely N-dealkylation sites (N-methyl/N-ethyl adjacent to an activating group) is 1. The first-order valence-electron chi connectivity index (χ1n) is 6.52. The van der Waals surface area contributed by atoms with Crippen molar-refractivity contribution >= 4 is 11.8 Å². The molecule has 1 aromatic heterocycles. The van der Waals surface area contributed by atoms with Crippen LogP contribution in [0.1, 0.15) is 25.0 Å². The topological polar surface area (TPSA) is 67.1 Å². The fourth-order valence-corrected chi connectivity index (χ4v) is 2.33. The zero-order valence-corrected chi connectivity index (χ0v) is 11.2. The number of halogens is 3. The van der Waals surface area contributed by atoms with E-state index in [2.05, 4.69) is 20.2 Å². The number of alkyl halides is 3. The van der Waals surface area contributed by atoms with Gasteiger partial charge in [0.05, 0.1) is 0 Å². The van der Waals surface area contributed by atoms with Crippen LogP contribution in [0, 0.1) is 0 Å². The van der Waals surface area contributed by atoms with Gasteiger partial charge in [0, 0.05) is 18.7 Å². The Morgan fingerprint density at radius 2 is 2.15 bits per heavy atom. The second kappa shape index (κ2) is 5.82. The van der Waals surface area contributed by atoms with E-state index in [0.717, 1.165) is 31.9 Å². The first kappa shape index (κ1) is 14.8. The van der Waals surface area contributed by atoms with Gasteiger partial charge in [-0.3, -0.25) is 0 Å². The molecule has 1 atom stereocenters. The van der Waals surface area contributed by atoms with Crippen molar-refractivity contribution in [2.45, 2.75) is 31.5 Å². The Bertz CT molecular complexity index is 463. The van der Waals surface area contributed by atoms with E-state index < -0.39 is 11.9 Å². The van der Waals surface area contributed by atoms with Gasteiger partial charge in [0.25, 0.3) is 0 Å². The van der Waals surface area contributed by atoms with Crippen molar-refractivity contribution in [3.05, 3.63) is 11.8 Å². The van der Waals surface area contributed by atoms with Crippen molar-refractivity contribution < 1.29 is 13.2 Å². The van der Waals surface area contributed by atoms with Crippen molar-refractivity contribution in [2.24, 2.45) is 0 Å². The number of rotatable bonds is 3. The third-order valence-corrected chi connectivity index (χ3v) is 3.47. The highest BCUT2D eigenvalue weighted by Gasteiger charge is 2.33. The van der Waals surface area contributed by atoms with E-state index in [4.69, 9.17) is 5.73 Å². The van der Waals surface area contributed by atoms with Crippen molar-refractivity contribution in [1.82, 2.24) is 14.9 Å². The lowest BCUT2D eigenvalue weighted by Gasteiger charge is -2.32. The van der Waals surface area contributed by atoms with Gasteiger partial charge in [0.2, 0.25) is 5.95 Å². The minimum Gasteiger partial charge on any atom is -0.368 e. The Hall–Kier alpha value is -1.57. The van der Waals surface area contributed by atoms with Crippen molar-refractivity contribution in [3.63, 3.8) is 0 Å². The quantitative estimate of drug-likeness (QED) is 0.890. The normalized spacial score (nSPS) is 20.9. The molecule has 0 aliphatic carbocycles. The third kappa shape index (κ3) is 3.72. The molecule has 0 bridgehead atoms. The van der Waals surface area contributed by atoms with Crippen LogP contribution in [-0.2, 0) is 6.18 Å². The molecule has 1 unspecified atom stereocenters. The fraction of sp³-hybridized carbons (Fsp3) is 0.667. The van der Waals surface area contributed by atoms with Gasteiger partial charge in [0.1, 0.15) is 5.82 Å². The minimum atomic E-state index is -4.52. The molecule has 1 saturated heterocycles. The van der Waals surface area contributed by atoms with E-state index in [-0.39, 0.29) is 11.8 Å². The Labute approximate surface area is 115 Å². The van der Waals surface area contributed by atoms with Crippen LogP contribution in [0.2, 0.25) is 0 Å². The number of piperidine rings is 1. The molecule has 1 aromatic rings. The summed E-state index contributed by atoms with van der Waals surface area (Å²) >= 11 is 0. The smallest absolute Gasteiger partial charge is 0.368 e. The predicted octanol–water partition coefficient (Wildman–Crippen LogP) is 1.97. The number of hydrogen-bond acceptors (Lipinski definition) is 5. The van der Waals surface area contributed by atoms with Gasteiger partial charge in [-0.2, -0.15) is 18.2 Å². The fourth-order valence-electron chi connectivity index (χ4n) is 2.33. The molecule has 0 spiro atoms. The maximum absolute atomic E-state index is 12.6. The van der Waals surface area contributed by atoms with Gasteiger partial charge in [0.15, 0.2) is 5.69 Å². The zero-order chi connectivity index (χ0) is 14.8. The molecule has 1 fully saturated rings. The van der Waals surface area contributed by atoms with Crippen molar-refractivity contribution in [2.75, 3.05) is 31.2 Å². The molecule has 1 aliphatic rings. The molecule has 20 heavy (non-hydrogen) atoms. The summed E-state index contributed by atoms with van der Waals surface area (Å²) in [6.45, 7) is 1.55. The second-order valence-corrected chi connectivity index (χ2v) is 5.01. The van der Waals surface area contributed by atoms with E-state index in [0.29, 0.717) is 12.6 Å². The number of aromatic nitrogens is 2. The maximum Gasteiger partial charge on any atom is 0.433 e. The first-order valence-corrected chi connectivity index (χ1v) is 6.52. The molecule has 8 heteroatoms. The minimum absolute atomic E-state index is 0.115. The summed E-state index contributed by atoms with van der Waals surface area (Å²) in [5.74, 6) is -0.261. The Balaban J connectivity index is 2.04. The maximum atomic E-state index is 12.6. The molecule has 1 aliphatic heterocycles. The molecule has 0 aromatic carbocycles. The highest BCUT2D eigenvalue weighted by atomic mass is 19.4. The molecule has 2 rings (SSSR count). The van der Waals surface area contributed by atoms with Crippen molar-refractivity contribution in [1.29, 1.82) is 0 Å². The number of nitrogens with two attached hydrogens (primary N) is 1. The first-order chi connectivity index (χ1) is 9.36. The summed E-state index contributed by atoms with van der Waals surface area (Å²) in [6.07, 6.45) is -1.20. The molecular weight excluding hydrogens is 271 g/mol. The standard InChI is InChI=1S/C12H18F3N5/c1-20-5-3-2-4-8(20)7-17-10-6-9(12(13,14)15)18-11(16)19-10/h6,8H,2-5,7H2,1H3,(H3,16,17,18,19). The van der Waals surface area contributed by atoms with Gasteiger partial charge in [-0.15, -0.1) is 0 Å². The molecular formula is C12H18F3N5. The van der Waals surface area contributed by atoms with E-state index >= 15 is 0 Å². The number of likely N-dealkylation sites (tertiary alicyclic amines) is 1. The number of nitrogen functional groups attached to an aromatic ring is 1. The summed E-state index contributed by atoms with van der Waals surface area (Å²) in [5.41, 5.74) is 4.30. The van der Waals surface area contributed by atoms with Crippen molar-refractivity contribution in [3.8, 4) is 0 Å². The van der Waals surface area contributed by atoms with Gasteiger partial charge in [-0.1, -0.05) is 6.42 Å². The number of hydrogen-bond donors (Lipinski definition) is 2. The second-order valence-electron chi connectivity index (χ2n) is 5.01. The Morgan fingerprint density at radius 1 is 1.40 bits per heavy atom. The summed E-state index contributed by atoms with van der Waals surface area (Å²) in [5, 5.41) is 2.93. The van der Waals surface area contributed by atoms with Gasteiger partial charge in [-0.05, 0) is 26.4 Å². The average Bonchev–Trinajstić information content (AvgIpc) is 2.36. The van der Waals surface area contributed by atoms with Crippen LogP contribution >= 0.6 is 0 Å². The molecule has 3 N–H and O–H groups in total. The van der Waals surface area contributed by atoms with E-state index in [1.807, 2.05) is 7.05 Å². The van der Waals surface area contributed by atoms with Crippen LogP contribution in [0.15, 0.2) is 6.07 Å². The monoisotopic (exact) mass is 289 g/mol. The molecule has 0 saturated carbocycles. The van der Waals surface area contributed by atoms with Crippen LogP contribution < -0.4 is 11.1 Å². The lowest BCUT2D eigenvalue weighted by Crippen LogP contribution is -2.40. The van der Waals surface area contributed by atoms with Crippen LogP contribution in [0.25, 0.3) is 0 Å². The Morgan fingerprint density at radius 3 is 2.80 bits per heavy atom. The molecule has 0 radical (unpaired) electrons. The van der Waals surface area contributed by atoms with Gasteiger partial charge in [-0.25, -0.2) is 4.98 Å². The lowest BCUT2D eigenvalue weighted by molar-refractivity contribution is -0.141. The summed E-state index contributed by atoms with van der Waals surface area (Å²) < 4.78 is 37.9. The Kier molecular flexibility index (Phi) is 4.32. The molecule has 5 nitrogen and oxygen atoms in total. The summed E-state index contributed by atoms with van der Waals surface area (Å²) in [7, 11) is 2.01. The number of anilines is 2. The zero-order valence-electron chi connectivity index (χ0n) is 11.2.